The summed E-state index contributed by atoms with van der Waals surface area (Å²) in [6, 6.07) is 17.2. The first kappa shape index (κ1) is 10.8. The van der Waals surface area contributed by atoms with E-state index in [0.29, 0.717) is 5.92 Å². The summed E-state index contributed by atoms with van der Waals surface area (Å²) in [5, 5.41) is 0. The Kier molecular flexibility index (Phi) is 2.25. The minimum atomic E-state index is 0.646. The highest BCUT2D eigenvalue weighted by Crippen LogP contribution is 2.36. The molecule has 0 radical (unpaired) electrons. The van der Waals surface area contributed by atoms with Crippen molar-refractivity contribution in [3.63, 3.8) is 0 Å². The van der Waals surface area contributed by atoms with E-state index in [9.17, 15) is 0 Å². The Balaban J connectivity index is 1.72. The summed E-state index contributed by atoms with van der Waals surface area (Å²) in [7, 11) is 0. The molecule has 1 aliphatic carbocycles. The van der Waals surface area contributed by atoms with Crippen LogP contribution in [0.5, 0.6) is 0 Å². The smallest absolute Gasteiger partial charge is 0.106 e. The van der Waals surface area contributed by atoms with Crippen LogP contribution in [0.25, 0.3) is 11.0 Å². The number of aromatic nitrogens is 2. The monoisotopic (exact) mass is 248 g/mol. The Morgan fingerprint density at radius 3 is 2.79 bits per heavy atom. The fourth-order valence-electron chi connectivity index (χ4n) is 3.17. The molecule has 94 valence electrons. The highest BCUT2D eigenvalue weighted by atomic mass is 15.1. The second kappa shape index (κ2) is 3.95. The third-order valence-corrected chi connectivity index (χ3v) is 4.21. The van der Waals surface area contributed by atoms with E-state index in [2.05, 4.69) is 65.0 Å². The number of aryl methyl sites for hydroxylation is 1. The minimum Gasteiger partial charge on any atom is -0.328 e. The third-order valence-electron chi connectivity index (χ3n) is 4.21. The number of fused-ring (bicyclic) bond motifs is 2. The van der Waals surface area contributed by atoms with Crippen LogP contribution in [0.2, 0.25) is 0 Å². The first-order valence-corrected chi connectivity index (χ1v) is 6.82. The topological polar surface area (TPSA) is 17.8 Å². The maximum absolute atomic E-state index is 4.64. The van der Waals surface area contributed by atoms with Crippen molar-refractivity contribution in [3.05, 3.63) is 65.5 Å². The number of nitrogens with zero attached hydrogens (tertiary/aromatic N) is 2. The predicted molar refractivity (Wildman–Crippen MR) is 77.4 cm³/mol. The molecular weight excluding hydrogens is 232 g/mol. The molecule has 0 aliphatic heterocycles. The zero-order valence-electron chi connectivity index (χ0n) is 11.0. The molecule has 0 saturated heterocycles. The number of benzene rings is 2. The Bertz CT molecular complexity index is 755. The van der Waals surface area contributed by atoms with E-state index in [4.69, 9.17) is 0 Å². The van der Waals surface area contributed by atoms with Crippen molar-refractivity contribution in [3.8, 4) is 0 Å². The Morgan fingerprint density at radius 2 is 1.89 bits per heavy atom. The van der Waals surface area contributed by atoms with E-state index < -0.39 is 0 Å². The number of imidazole rings is 1. The zero-order chi connectivity index (χ0) is 12.8. The molecule has 2 aromatic carbocycles. The van der Waals surface area contributed by atoms with Crippen LogP contribution < -0.4 is 0 Å². The van der Waals surface area contributed by atoms with E-state index in [1.54, 1.807) is 0 Å². The van der Waals surface area contributed by atoms with E-state index in [0.717, 1.165) is 17.9 Å². The van der Waals surface area contributed by atoms with Gasteiger partial charge in [0.15, 0.2) is 0 Å². The van der Waals surface area contributed by atoms with E-state index in [-0.39, 0.29) is 0 Å². The molecule has 0 fully saturated rings. The molecule has 1 aliphatic rings. The second-order valence-corrected chi connectivity index (χ2v) is 5.36. The molecule has 0 N–H and O–H groups in total. The minimum absolute atomic E-state index is 0.646. The fourth-order valence-corrected chi connectivity index (χ4v) is 3.17. The van der Waals surface area contributed by atoms with Crippen molar-refractivity contribution in [2.24, 2.45) is 0 Å². The van der Waals surface area contributed by atoms with Crippen molar-refractivity contribution in [2.45, 2.75) is 25.8 Å². The first-order chi connectivity index (χ1) is 9.33. The van der Waals surface area contributed by atoms with Gasteiger partial charge in [-0.2, -0.15) is 0 Å². The molecule has 1 atom stereocenters. The summed E-state index contributed by atoms with van der Waals surface area (Å²) in [5.74, 6) is 1.76. The molecule has 19 heavy (non-hydrogen) atoms. The van der Waals surface area contributed by atoms with Gasteiger partial charge in [-0.3, -0.25) is 0 Å². The molecule has 2 nitrogen and oxygen atoms in total. The van der Waals surface area contributed by atoms with Gasteiger partial charge in [-0.05, 0) is 36.6 Å². The predicted octanol–water partition coefficient (Wildman–Crippen LogP) is 3.68. The van der Waals surface area contributed by atoms with Gasteiger partial charge in [0, 0.05) is 12.5 Å². The Hall–Kier alpha value is -2.09. The molecule has 2 heteroatoms. The molecule has 3 aromatic rings. The maximum Gasteiger partial charge on any atom is 0.106 e. The normalized spacial score (nSPS) is 17.2. The van der Waals surface area contributed by atoms with Gasteiger partial charge < -0.3 is 4.57 Å². The van der Waals surface area contributed by atoms with Gasteiger partial charge in [-0.15, -0.1) is 0 Å². The summed E-state index contributed by atoms with van der Waals surface area (Å²) in [6.45, 7) is 3.15. The van der Waals surface area contributed by atoms with E-state index in [1.165, 1.54) is 23.1 Å². The average molecular weight is 248 g/mol. The second-order valence-electron chi connectivity index (χ2n) is 5.36. The highest BCUT2D eigenvalue weighted by molar-refractivity contribution is 5.75. The van der Waals surface area contributed by atoms with E-state index in [1.807, 2.05) is 0 Å². The molecule has 1 heterocycles. The number of hydrogen-bond donors (Lipinski definition) is 0. The van der Waals surface area contributed by atoms with Crippen LogP contribution in [0.15, 0.2) is 48.5 Å². The summed E-state index contributed by atoms with van der Waals surface area (Å²) < 4.78 is 2.36. The molecular formula is C17H16N2. The van der Waals surface area contributed by atoms with Gasteiger partial charge in [0.2, 0.25) is 0 Å². The quantitative estimate of drug-likeness (QED) is 0.676. The van der Waals surface area contributed by atoms with Crippen molar-refractivity contribution < 1.29 is 0 Å². The summed E-state index contributed by atoms with van der Waals surface area (Å²) in [6.07, 6.45) is 1.20. The van der Waals surface area contributed by atoms with Crippen LogP contribution in [0.3, 0.4) is 0 Å². The average Bonchev–Trinajstić information content (AvgIpc) is 2.72. The first-order valence-electron chi connectivity index (χ1n) is 6.82. The van der Waals surface area contributed by atoms with Crippen LogP contribution in [-0.4, -0.2) is 9.55 Å². The Labute approximate surface area is 112 Å². The number of rotatable bonds is 2. The van der Waals surface area contributed by atoms with Crippen LogP contribution in [0, 0.1) is 6.92 Å². The van der Waals surface area contributed by atoms with Gasteiger partial charge >= 0.3 is 0 Å². The van der Waals surface area contributed by atoms with Gasteiger partial charge in [-0.1, -0.05) is 36.4 Å². The van der Waals surface area contributed by atoms with Crippen molar-refractivity contribution in [2.75, 3.05) is 0 Å². The van der Waals surface area contributed by atoms with Gasteiger partial charge in [0.1, 0.15) is 5.82 Å². The molecule has 0 bridgehead atoms. The lowest BCUT2D eigenvalue weighted by molar-refractivity contribution is 0.509. The Morgan fingerprint density at radius 1 is 1.11 bits per heavy atom. The van der Waals surface area contributed by atoms with Crippen molar-refractivity contribution in [1.82, 2.24) is 9.55 Å². The zero-order valence-corrected chi connectivity index (χ0v) is 11.0. The van der Waals surface area contributed by atoms with Gasteiger partial charge in [-0.25, -0.2) is 4.98 Å². The van der Waals surface area contributed by atoms with Crippen molar-refractivity contribution >= 4 is 11.0 Å². The van der Waals surface area contributed by atoms with Gasteiger partial charge in [0.25, 0.3) is 0 Å². The van der Waals surface area contributed by atoms with Crippen molar-refractivity contribution in [1.29, 1.82) is 0 Å². The largest absolute Gasteiger partial charge is 0.328 e. The lowest BCUT2D eigenvalue weighted by Crippen LogP contribution is -2.22. The molecule has 0 saturated carbocycles. The van der Waals surface area contributed by atoms with Crippen LogP contribution in [0.1, 0.15) is 22.9 Å². The number of hydrogen-bond acceptors (Lipinski definition) is 1. The maximum atomic E-state index is 4.64. The van der Waals surface area contributed by atoms with Crippen LogP contribution in [-0.2, 0) is 13.0 Å². The number of para-hydroxylation sites is 2. The molecule has 1 aromatic heterocycles. The van der Waals surface area contributed by atoms with Crippen LogP contribution in [0.4, 0.5) is 0 Å². The van der Waals surface area contributed by atoms with E-state index >= 15 is 0 Å². The standard InChI is InChI=1S/C17H16N2/c1-12-18-16-8-4-5-9-17(16)19(12)11-14-10-13-6-2-3-7-15(13)14/h2-9,14H,10-11H2,1H3. The summed E-state index contributed by atoms with van der Waals surface area (Å²) in [4.78, 5) is 4.64. The summed E-state index contributed by atoms with van der Waals surface area (Å²) >= 11 is 0. The molecule has 0 amide bonds. The van der Waals surface area contributed by atoms with Crippen LogP contribution >= 0.6 is 0 Å². The third kappa shape index (κ3) is 1.60. The highest BCUT2D eigenvalue weighted by Gasteiger charge is 2.26. The summed E-state index contributed by atoms with van der Waals surface area (Å²) in [5.41, 5.74) is 5.38. The SMILES string of the molecule is Cc1nc2ccccc2n1CC1Cc2ccccc21. The lowest BCUT2D eigenvalue weighted by atomic mass is 9.77. The molecule has 4 rings (SSSR count). The fraction of sp³-hybridized carbons (Fsp3) is 0.235. The lowest BCUT2D eigenvalue weighted by Gasteiger charge is -2.30. The molecule has 0 spiro atoms. The molecule has 1 unspecified atom stereocenters. The van der Waals surface area contributed by atoms with Gasteiger partial charge in [0.05, 0.1) is 11.0 Å².